The fraction of sp³-hybridized carbons (Fsp3) is 0.364. The molecule has 3 heterocycles. The van der Waals surface area contributed by atoms with E-state index in [1.807, 2.05) is 6.07 Å². The summed E-state index contributed by atoms with van der Waals surface area (Å²) in [6, 6.07) is 8.18. The predicted octanol–water partition coefficient (Wildman–Crippen LogP) is 2.89. The van der Waals surface area contributed by atoms with Crippen LogP contribution in [0.4, 0.5) is 5.69 Å². The molecular weight excluding hydrogens is 446 g/mol. The molecule has 1 saturated heterocycles. The number of hydrogen-bond acceptors (Lipinski definition) is 8. The van der Waals surface area contributed by atoms with Gasteiger partial charge in [-0.25, -0.2) is 8.42 Å². The summed E-state index contributed by atoms with van der Waals surface area (Å²) in [6.07, 6.45) is 6.29. The number of piperidine rings is 1. The van der Waals surface area contributed by atoms with Crippen molar-refractivity contribution in [2.24, 2.45) is 0 Å². The molecule has 0 saturated carbocycles. The Morgan fingerprint density at radius 2 is 2.03 bits per heavy atom. The Labute approximate surface area is 192 Å². The number of nitrogens with zero attached hydrogens (tertiary/aromatic N) is 4. The summed E-state index contributed by atoms with van der Waals surface area (Å²) in [5, 5.41) is 6.65. The number of hydrogen-bond donors (Lipinski definition) is 1. The number of methoxy groups -OCH3 is 1. The molecule has 11 heteroatoms. The summed E-state index contributed by atoms with van der Waals surface area (Å²) >= 11 is 0. The highest BCUT2D eigenvalue weighted by atomic mass is 32.2. The largest absolute Gasteiger partial charge is 0.495 e. The molecular formula is C22H25N5O5S. The number of carbonyl (C=O) groups excluding carboxylic acids is 1. The van der Waals surface area contributed by atoms with Crippen LogP contribution < -0.4 is 10.1 Å². The first kappa shape index (κ1) is 22.9. The van der Waals surface area contributed by atoms with Gasteiger partial charge in [-0.1, -0.05) is 11.6 Å². The Morgan fingerprint density at radius 3 is 2.76 bits per heavy atom. The van der Waals surface area contributed by atoms with Crippen molar-refractivity contribution < 1.29 is 22.5 Å². The number of rotatable bonds is 8. The van der Waals surface area contributed by atoms with Crippen molar-refractivity contribution >= 4 is 21.6 Å². The molecule has 1 aromatic carbocycles. The zero-order valence-corrected chi connectivity index (χ0v) is 19.0. The molecule has 4 rings (SSSR count). The molecule has 0 radical (unpaired) electrons. The Bertz CT molecular complexity index is 1210. The van der Waals surface area contributed by atoms with Gasteiger partial charge < -0.3 is 14.6 Å². The predicted molar refractivity (Wildman–Crippen MR) is 120 cm³/mol. The van der Waals surface area contributed by atoms with E-state index in [2.05, 4.69) is 20.4 Å². The Morgan fingerprint density at radius 1 is 1.21 bits per heavy atom. The van der Waals surface area contributed by atoms with E-state index in [4.69, 9.17) is 9.26 Å². The second-order valence-corrected chi connectivity index (χ2v) is 9.54. The summed E-state index contributed by atoms with van der Waals surface area (Å²) in [5.41, 5.74) is 1.09. The zero-order chi connectivity index (χ0) is 23.3. The van der Waals surface area contributed by atoms with Gasteiger partial charge in [0.25, 0.3) is 0 Å². The average Bonchev–Trinajstić information content (AvgIpc) is 3.33. The van der Waals surface area contributed by atoms with Crippen molar-refractivity contribution in [3.63, 3.8) is 0 Å². The third kappa shape index (κ3) is 5.37. The van der Waals surface area contributed by atoms with Gasteiger partial charge in [-0.2, -0.15) is 9.29 Å². The van der Waals surface area contributed by atoms with Crippen LogP contribution in [-0.4, -0.2) is 54.0 Å². The van der Waals surface area contributed by atoms with Gasteiger partial charge in [0.15, 0.2) is 0 Å². The van der Waals surface area contributed by atoms with Crippen LogP contribution in [0.2, 0.25) is 0 Å². The highest BCUT2D eigenvalue weighted by Crippen LogP contribution is 2.31. The van der Waals surface area contributed by atoms with Gasteiger partial charge >= 0.3 is 0 Å². The standard InChI is InChI=1S/C22H25N5O5S/c1-31-18-8-7-17(14-19(18)33(29,30)27-12-3-2-4-13-27)24-20(28)9-10-21-25-22(26-32-21)16-6-5-11-23-15-16/h5-8,11,14-15H,2-4,9-10,12-13H2,1H3,(H,24,28). The lowest BCUT2D eigenvalue weighted by atomic mass is 10.2. The van der Waals surface area contributed by atoms with Crippen molar-refractivity contribution in [2.75, 3.05) is 25.5 Å². The minimum Gasteiger partial charge on any atom is -0.495 e. The van der Waals surface area contributed by atoms with Crippen LogP contribution in [0.1, 0.15) is 31.6 Å². The van der Waals surface area contributed by atoms with E-state index in [0.717, 1.165) is 24.8 Å². The number of anilines is 1. The number of ether oxygens (including phenoxy) is 1. The molecule has 1 amide bonds. The van der Waals surface area contributed by atoms with Crippen LogP contribution >= 0.6 is 0 Å². The van der Waals surface area contributed by atoms with Gasteiger partial charge in [-0.15, -0.1) is 0 Å². The number of sulfonamides is 1. The van der Waals surface area contributed by atoms with Crippen LogP contribution in [0.3, 0.4) is 0 Å². The van der Waals surface area contributed by atoms with Crippen LogP contribution in [0.5, 0.6) is 5.75 Å². The number of carbonyl (C=O) groups is 1. The fourth-order valence-electron chi connectivity index (χ4n) is 3.61. The molecule has 0 atom stereocenters. The number of amides is 1. The molecule has 3 aromatic rings. The number of benzene rings is 1. The molecule has 174 valence electrons. The molecule has 0 bridgehead atoms. The molecule has 2 aromatic heterocycles. The molecule has 1 N–H and O–H groups in total. The fourth-order valence-corrected chi connectivity index (χ4v) is 5.31. The topological polar surface area (TPSA) is 128 Å². The first-order valence-electron chi connectivity index (χ1n) is 10.7. The third-order valence-electron chi connectivity index (χ3n) is 5.33. The van der Waals surface area contributed by atoms with Crippen molar-refractivity contribution in [2.45, 2.75) is 37.0 Å². The van der Waals surface area contributed by atoms with E-state index in [-0.39, 0.29) is 29.4 Å². The Hall–Kier alpha value is -3.31. The summed E-state index contributed by atoms with van der Waals surface area (Å²) in [5.74, 6) is 0.670. The number of aromatic nitrogens is 3. The van der Waals surface area contributed by atoms with Crippen LogP contribution in [-0.2, 0) is 21.2 Å². The number of aryl methyl sites for hydroxylation is 1. The minimum atomic E-state index is -3.72. The summed E-state index contributed by atoms with van der Waals surface area (Å²) in [4.78, 5) is 20.8. The molecule has 33 heavy (non-hydrogen) atoms. The van der Waals surface area contributed by atoms with Gasteiger partial charge in [-0.05, 0) is 43.2 Å². The van der Waals surface area contributed by atoms with Crippen molar-refractivity contribution in [3.05, 3.63) is 48.6 Å². The quantitative estimate of drug-likeness (QED) is 0.531. The lowest BCUT2D eigenvalue weighted by Gasteiger charge is -2.26. The highest BCUT2D eigenvalue weighted by molar-refractivity contribution is 7.89. The van der Waals surface area contributed by atoms with E-state index in [9.17, 15) is 13.2 Å². The Kier molecular flexibility index (Phi) is 6.99. The van der Waals surface area contributed by atoms with E-state index in [0.29, 0.717) is 30.5 Å². The van der Waals surface area contributed by atoms with Gasteiger partial charge in [0.2, 0.25) is 27.6 Å². The summed E-state index contributed by atoms with van der Waals surface area (Å²) < 4.78 is 38.2. The second-order valence-electron chi connectivity index (χ2n) is 7.63. The average molecular weight is 472 g/mol. The maximum atomic E-state index is 13.1. The van der Waals surface area contributed by atoms with E-state index in [1.165, 1.54) is 17.5 Å². The molecule has 0 unspecified atom stereocenters. The maximum Gasteiger partial charge on any atom is 0.246 e. The molecule has 0 spiro atoms. The first-order chi connectivity index (χ1) is 16.0. The Balaban J connectivity index is 1.42. The van der Waals surface area contributed by atoms with Crippen LogP contribution in [0, 0.1) is 0 Å². The lowest BCUT2D eigenvalue weighted by molar-refractivity contribution is -0.116. The highest BCUT2D eigenvalue weighted by Gasteiger charge is 2.29. The van der Waals surface area contributed by atoms with Crippen molar-refractivity contribution in [1.82, 2.24) is 19.4 Å². The van der Waals surface area contributed by atoms with Crippen LogP contribution in [0.15, 0.2) is 52.1 Å². The molecule has 1 aliphatic heterocycles. The lowest BCUT2D eigenvalue weighted by Crippen LogP contribution is -2.35. The molecule has 0 aliphatic carbocycles. The summed E-state index contributed by atoms with van der Waals surface area (Å²) in [6.45, 7) is 0.959. The first-order valence-corrected chi connectivity index (χ1v) is 12.1. The second kappa shape index (κ2) is 10.1. The van der Waals surface area contributed by atoms with E-state index < -0.39 is 10.0 Å². The van der Waals surface area contributed by atoms with Gasteiger partial charge in [0.1, 0.15) is 10.6 Å². The monoisotopic (exact) mass is 471 g/mol. The van der Waals surface area contributed by atoms with Gasteiger partial charge in [0, 0.05) is 49.6 Å². The molecule has 10 nitrogen and oxygen atoms in total. The third-order valence-corrected chi connectivity index (χ3v) is 7.25. The van der Waals surface area contributed by atoms with E-state index in [1.54, 1.807) is 30.6 Å². The van der Waals surface area contributed by atoms with Crippen molar-refractivity contribution in [3.8, 4) is 17.1 Å². The zero-order valence-electron chi connectivity index (χ0n) is 18.2. The van der Waals surface area contributed by atoms with Gasteiger partial charge in [0.05, 0.1) is 7.11 Å². The summed E-state index contributed by atoms with van der Waals surface area (Å²) in [7, 11) is -2.30. The number of pyridine rings is 1. The molecule has 1 fully saturated rings. The van der Waals surface area contributed by atoms with Crippen LogP contribution in [0.25, 0.3) is 11.4 Å². The SMILES string of the molecule is COc1ccc(NC(=O)CCc2nc(-c3cccnc3)no2)cc1S(=O)(=O)N1CCCCC1. The maximum absolute atomic E-state index is 13.1. The van der Waals surface area contributed by atoms with Crippen molar-refractivity contribution in [1.29, 1.82) is 0 Å². The number of nitrogens with one attached hydrogen (secondary N) is 1. The molecule has 1 aliphatic rings. The minimum absolute atomic E-state index is 0.0442. The van der Waals surface area contributed by atoms with E-state index >= 15 is 0 Å². The van der Waals surface area contributed by atoms with Gasteiger partial charge in [-0.3, -0.25) is 9.78 Å². The smallest absolute Gasteiger partial charge is 0.246 e. The normalized spacial score (nSPS) is 14.7.